The van der Waals surface area contributed by atoms with Crippen LogP contribution < -0.4 is 10.5 Å². The fraction of sp³-hybridized carbons (Fsp3) is 0.667. The molecule has 1 saturated heterocycles. The van der Waals surface area contributed by atoms with E-state index in [1.165, 1.54) is 6.07 Å². The molecule has 1 aromatic rings. The molecule has 112 valence electrons. The molecule has 0 amide bonds. The molecule has 1 aliphatic heterocycles. The number of nitrogens with one attached hydrogen (secondary N) is 1. The van der Waals surface area contributed by atoms with E-state index >= 15 is 0 Å². The lowest BCUT2D eigenvalue weighted by Crippen LogP contribution is -2.40. The Morgan fingerprint density at radius 2 is 2.14 bits per heavy atom. The Labute approximate surface area is 122 Å². The van der Waals surface area contributed by atoms with Gasteiger partial charge in [0.1, 0.15) is 17.7 Å². The van der Waals surface area contributed by atoms with Gasteiger partial charge in [0, 0.05) is 18.5 Å². The zero-order chi connectivity index (χ0) is 14.6. The number of rotatable bonds is 3. The molecule has 3 atom stereocenters. The minimum Gasteiger partial charge on any atom is -0.480 e. The van der Waals surface area contributed by atoms with Crippen molar-refractivity contribution in [2.45, 2.75) is 44.1 Å². The Hall–Kier alpha value is -1.85. The van der Waals surface area contributed by atoms with Gasteiger partial charge in [-0.1, -0.05) is 6.42 Å². The molecule has 6 heteroatoms. The van der Waals surface area contributed by atoms with E-state index in [0.29, 0.717) is 24.2 Å². The van der Waals surface area contributed by atoms with Crippen LogP contribution in [-0.4, -0.2) is 33.6 Å². The average molecular weight is 289 g/mol. The largest absolute Gasteiger partial charge is 0.480 e. The first kappa shape index (κ1) is 12.9. The van der Waals surface area contributed by atoms with Crippen LogP contribution in [0.2, 0.25) is 0 Å². The second-order valence-corrected chi connectivity index (χ2v) is 6.55. The highest BCUT2D eigenvalue weighted by Crippen LogP contribution is 2.44. The van der Waals surface area contributed by atoms with E-state index in [4.69, 9.17) is 0 Å². The van der Waals surface area contributed by atoms with Gasteiger partial charge in [-0.25, -0.2) is 9.78 Å². The number of carboxylic acid groups (broad SMARTS) is 1. The Morgan fingerprint density at radius 3 is 2.86 bits per heavy atom. The monoisotopic (exact) mass is 289 g/mol. The molecule has 3 fully saturated rings. The second kappa shape index (κ2) is 4.58. The molecular weight excluding hydrogens is 270 g/mol. The zero-order valence-electron chi connectivity index (χ0n) is 11.8. The van der Waals surface area contributed by atoms with Crippen LogP contribution in [0.1, 0.15) is 43.8 Å². The van der Waals surface area contributed by atoms with Gasteiger partial charge in [0.05, 0.1) is 0 Å². The van der Waals surface area contributed by atoms with Gasteiger partial charge < -0.3 is 15.0 Å². The number of nitrogens with zero attached hydrogens (tertiary/aromatic N) is 2. The van der Waals surface area contributed by atoms with Gasteiger partial charge in [-0.3, -0.25) is 4.79 Å². The number of carbonyl (C=O) groups is 1. The van der Waals surface area contributed by atoms with Gasteiger partial charge in [-0.2, -0.15) is 0 Å². The van der Waals surface area contributed by atoms with Crippen molar-refractivity contribution in [3.63, 3.8) is 0 Å². The molecule has 2 N–H and O–H groups in total. The Balaban J connectivity index is 1.71. The van der Waals surface area contributed by atoms with E-state index in [2.05, 4.69) is 9.97 Å². The van der Waals surface area contributed by atoms with Crippen LogP contribution >= 0.6 is 0 Å². The number of hydrogen-bond donors (Lipinski definition) is 2. The maximum absolute atomic E-state index is 11.9. The molecule has 0 aromatic carbocycles. The molecule has 2 heterocycles. The molecular formula is C15H19N3O3. The van der Waals surface area contributed by atoms with E-state index in [1.54, 1.807) is 0 Å². The molecule has 3 unspecified atom stereocenters. The van der Waals surface area contributed by atoms with Crippen molar-refractivity contribution in [2.24, 2.45) is 11.8 Å². The van der Waals surface area contributed by atoms with Gasteiger partial charge in [0.15, 0.2) is 0 Å². The predicted octanol–water partition coefficient (Wildman–Crippen LogP) is 1.34. The van der Waals surface area contributed by atoms with E-state index in [-0.39, 0.29) is 11.5 Å². The second-order valence-electron chi connectivity index (χ2n) is 6.55. The van der Waals surface area contributed by atoms with Crippen LogP contribution in [0.3, 0.4) is 0 Å². The zero-order valence-corrected chi connectivity index (χ0v) is 11.8. The summed E-state index contributed by atoms with van der Waals surface area (Å²) in [6.45, 7) is 0.711. The predicted molar refractivity (Wildman–Crippen MR) is 76.4 cm³/mol. The average Bonchev–Trinajstić information content (AvgIpc) is 3.07. The summed E-state index contributed by atoms with van der Waals surface area (Å²) in [6, 6.07) is 0.918. The van der Waals surface area contributed by atoms with Crippen LogP contribution in [0.25, 0.3) is 0 Å². The molecule has 3 aliphatic rings. The number of hydrogen-bond acceptors (Lipinski definition) is 4. The molecule has 2 aliphatic carbocycles. The summed E-state index contributed by atoms with van der Waals surface area (Å²) < 4.78 is 0. The van der Waals surface area contributed by atoms with Gasteiger partial charge in [0.2, 0.25) is 0 Å². The summed E-state index contributed by atoms with van der Waals surface area (Å²) in [5, 5.41) is 9.60. The van der Waals surface area contributed by atoms with Crippen LogP contribution in [0.15, 0.2) is 10.9 Å². The molecule has 1 aromatic heterocycles. The minimum atomic E-state index is -0.792. The Morgan fingerprint density at radius 1 is 1.33 bits per heavy atom. The van der Waals surface area contributed by atoms with Crippen molar-refractivity contribution < 1.29 is 9.90 Å². The summed E-state index contributed by atoms with van der Waals surface area (Å²) in [5.41, 5.74) is -0.178. The standard InChI is InChI=1S/C15H19N3O3/c19-12-6-11(16-14(17-12)8-4-5-8)18-7-9-2-1-3-10(9)13(18)15(20)21/h6,8-10,13H,1-5,7H2,(H,20,21)(H,16,17,19). The molecule has 0 bridgehead atoms. The molecule has 0 radical (unpaired) electrons. The van der Waals surface area contributed by atoms with E-state index in [1.807, 2.05) is 4.90 Å². The molecule has 6 nitrogen and oxygen atoms in total. The molecule has 0 spiro atoms. The van der Waals surface area contributed by atoms with E-state index in [9.17, 15) is 14.7 Å². The van der Waals surface area contributed by atoms with Crippen molar-refractivity contribution in [2.75, 3.05) is 11.4 Å². The van der Waals surface area contributed by atoms with Gasteiger partial charge in [0.25, 0.3) is 5.56 Å². The number of aliphatic carboxylic acids is 1. The summed E-state index contributed by atoms with van der Waals surface area (Å²) in [4.78, 5) is 32.7. The smallest absolute Gasteiger partial charge is 0.326 e. The maximum atomic E-state index is 11.9. The fourth-order valence-corrected chi connectivity index (χ4v) is 4.02. The van der Waals surface area contributed by atoms with Crippen LogP contribution in [0.5, 0.6) is 0 Å². The third-order valence-electron chi connectivity index (χ3n) is 5.15. The van der Waals surface area contributed by atoms with Crippen LogP contribution in [0.4, 0.5) is 5.82 Å². The number of fused-ring (bicyclic) bond motifs is 1. The first-order chi connectivity index (χ1) is 10.1. The number of H-pyrrole nitrogens is 1. The normalized spacial score (nSPS) is 31.4. The number of anilines is 1. The third kappa shape index (κ3) is 2.13. The third-order valence-corrected chi connectivity index (χ3v) is 5.15. The lowest BCUT2D eigenvalue weighted by atomic mass is 9.94. The fourth-order valence-electron chi connectivity index (χ4n) is 4.02. The number of aromatic amines is 1. The maximum Gasteiger partial charge on any atom is 0.326 e. The number of carboxylic acids is 1. The van der Waals surface area contributed by atoms with Crippen molar-refractivity contribution in [1.29, 1.82) is 0 Å². The molecule has 21 heavy (non-hydrogen) atoms. The first-order valence-corrected chi connectivity index (χ1v) is 7.74. The van der Waals surface area contributed by atoms with Crippen molar-refractivity contribution >= 4 is 11.8 Å². The Kier molecular flexibility index (Phi) is 2.80. The van der Waals surface area contributed by atoms with E-state index in [0.717, 1.165) is 37.9 Å². The summed E-state index contributed by atoms with van der Waals surface area (Å²) in [6.07, 6.45) is 5.28. The first-order valence-electron chi connectivity index (χ1n) is 7.74. The molecule has 2 saturated carbocycles. The summed E-state index contributed by atoms with van der Waals surface area (Å²) in [7, 11) is 0. The summed E-state index contributed by atoms with van der Waals surface area (Å²) in [5.74, 6) is 1.45. The highest BCUT2D eigenvalue weighted by Gasteiger charge is 2.48. The molecule has 4 rings (SSSR count). The highest BCUT2D eigenvalue weighted by atomic mass is 16.4. The SMILES string of the molecule is O=C(O)C1C2CCCC2CN1c1cc(=O)[nH]c(C2CC2)n1. The minimum absolute atomic E-state index is 0.178. The van der Waals surface area contributed by atoms with Crippen molar-refractivity contribution in [3.05, 3.63) is 22.2 Å². The van der Waals surface area contributed by atoms with Crippen LogP contribution in [-0.2, 0) is 4.79 Å². The lowest BCUT2D eigenvalue weighted by molar-refractivity contribution is -0.139. The van der Waals surface area contributed by atoms with Gasteiger partial charge in [-0.15, -0.1) is 0 Å². The topological polar surface area (TPSA) is 86.3 Å². The highest BCUT2D eigenvalue weighted by molar-refractivity contribution is 5.79. The van der Waals surface area contributed by atoms with Crippen molar-refractivity contribution in [1.82, 2.24) is 9.97 Å². The lowest BCUT2D eigenvalue weighted by Gasteiger charge is -2.25. The van der Waals surface area contributed by atoms with Gasteiger partial charge in [-0.05, 0) is 37.5 Å². The number of aromatic nitrogens is 2. The summed E-state index contributed by atoms with van der Waals surface area (Å²) >= 11 is 0. The quantitative estimate of drug-likeness (QED) is 0.877. The van der Waals surface area contributed by atoms with Crippen LogP contribution in [0, 0.1) is 11.8 Å². The van der Waals surface area contributed by atoms with Gasteiger partial charge >= 0.3 is 5.97 Å². The van der Waals surface area contributed by atoms with Crippen molar-refractivity contribution in [3.8, 4) is 0 Å². The Bertz CT molecular complexity index is 637. The van der Waals surface area contributed by atoms with E-state index < -0.39 is 12.0 Å².